The Labute approximate surface area is 172 Å². The third kappa shape index (κ3) is 5.60. The van der Waals surface area contributed by atoms with Gasteiger partial charge in [0.15, 0.2) is 5.96 Å². The monoisotopic (exact) mass is 391 g/mol. The Balaban J connectivity index is 1.48. The molecule has 3 aromatic rings. The van der Waals surface area contributed by atoms with Crippen LogP contribution in [0, 0.1) is 13.8 Å². The Kier molecular flexibility index (Phi) is 7.28. The molecule has 0 saturated heterocycles. The van der Waals surface area contributed by atoms with Crippen LogP contribution in [0.1, 0.15) is 23.4 Å². The minimum absolute atomic E-state index is 0.663. The summed E-state index contributed by atoms with van der Waals surface area (Å²) >= 11 is 0. The summed E-state index contributed by atoms with van der Waals surface area (Å²) in [4.78, 5) is 4.31. The third-order valence-electron chi connectivity index (χ3n) is 4.72. The summed E-state index contributed by atoms with van der Waals surface area (Å²) in [5, 5.41) is 11.4. The topological polar surface area (TPSA) is 63.5 Å². The summed E-state index contributed by atoms with van der Waals surface area (Å²) in [6.45, 7) is 6.26. The second-order valence-electron chi connectivity index (χ2n) is 6.76. The van der Waals surface area contributed by atoms with Crippen LogP contribution < -0.4 is 15.4 Å². The van der Waals surface area contributed by atoms with Crippen LogP contribution in [-0.2, 0) is 6.54 Å². The van der Waals surface area contributed by atoms with Crippen molar-refractivity contribution in [1.82, 2.24) is 20.4 Å². The van der Waals surface area contributed by atoms with Gasteiger partial charge >= 0.3 is 0 Å². The molecule has 0 aliphatic carbocycles. The van der Waals surface area contributed by atoms with E-state index in [4.69, 9.17) is 9.84 Å². The Morgan fingerprint density at radius 1 is 1.00 bits per heavy atom. The molecule has 0 atom stereocenters. The van der Waals surface area contributed by atoms with Gasteiger partial charge in [0.25, 0.3) is 0 Å². The van der Waals surface area contributed by atoms with Gasteiger partial charge in [0.05, 0.1) is 18.0 Å². The predicted molar refractivity (Wildman–Crippen MR) is 118 cm³/mol. The zero-order valence-electron chi connectivity index (χ0n) is 17.4. The van der Waals surface area contributed by atoms with Crippen LogP contribution in [0.15, 0.2) is 65.7 Å². The van der Waals surface area contributed by atoms with Crippen LogP contribution in [0.4, 0.5) is 0 Å². The number of nitrogens with zero attached hydrogens (tertiary/aromatic N) is 3. The molecule has 6 nitrogen and oxygen atoms in total. The molecule has 2 aromatic carbocycles. The molecule has 152 valence electrons. The lowest BCUT2D eigenvalue weighted by Crippen LogP contribution is -2.37. The summed E-state index contributed by atoms with van der Waals surface area (Å²) < 4.78 is 7.71. The minimum Gasteiger partial charge on any atom is -0.494 e. The molecule has 0 fully saturated rings. The number of rotatable bonds is 8. The fourth-order valence-corrected chi connectivity index (χ4v) is 3.13. The molecule has 6 heteroatoms. The van der Waals surface area contributed by atoms with Crippen molar-refractivity contribution in [3.8, 4) is 11.4 Å². The Morgan fingerprint density at radius 2 is 1.69 bits per heavy atom. The van der Waals surface area contributed by atoms with E-state index < -0.39 is 0 Å². The number of guanidine groups is 1. The second kappa shape index (κ2) is 10.3. The molecule has 0 unspecified atom stereocenters. The number of hydrogen-bond donors (Lipinski definition) is 2. The van der Waals surface area contributed by atoms with E-state index in [-0.39, 0.29) is 0 Å². The molecule has 0 saturated carbocycles. The predicted octanol–water partition coefficient (Wildman–Crippen LogP) is 3.62. The van der Waals surface area contributed by atoms with Crippen molar-refractivity contribution in [2.24, 2.45) is 4.99 Å². The van der Waals surface area contributed by atoms with Crippen LogP contribution in [0.2, 0.25) is 0 Å². The van der Waals surface area contributed by atoms with Gasteiger partial charge in [0.2, 0.25) is 0 Å². The molecule has 0 bridgehead atoms. The average molecular weight is 392 g/mol. The maximum atomic E-state index is 5.72. The Hall–Kier alpha value is -3.28. The maximum Gasteiger partial charge on any atom is 0.191 e. The molecule has 29 heavy (non-hydrogen) atoms. The van der Waals surface area contributed by atoms with Gasteiger partial charge in [-0.2, -0.15) is 5.10 Å². The highest BCUT2D eigenvalue weighted by Crippen LogP contribution is 2.17. The third-order valence-corrected chi connectivity index (χ3v) is 4.72. The average Bonchev–Trinajstić information content (AvgIpc) is 3.05. The van der Waals surface area contributed by atoms with Crippen molar-refractivity contribution in [2.45, 2.75) is 26.8 Å². The number of aliphatic imine (C=N–C) groups is 1. The van der Waals surface area contributed by atoms with Crippen molar-refractivity contribution < 1.29 is 4.74 Å². The number of aromatic nitrogens is 2. The van der Waals surface area contributed by atoms with E-state index in [0.29, 0.717) is 13.2 Å². The van der Waals surface area contributed by atoms with Crippen molar-refractivity contribution in [3.63, 3.8) is 0 Å². The number of aryl methyl sites for hydroxylation is 1. The van der Waals surface area contributed by atoms with Gasteiger partial charge in [-0.05, 0) is 44.5 Å². The van der Waals surface area contributed by atoms with Crippen LogP contribution >= 0.6 is 0 Å². The minimum atomic E-state index is 0.663. The lowest BCUT2D eigenvalue weighted by Gasteiger charge is -2.13. The highest BCUT2D eigenvalue weighted by atomic mass is 16.5. The van der Waals surface area contributed by atoms with Gasteiger partial charge in [0, 0.05) is 31.4 Å². The highest BCUT2D eigenvalue weighted by molar-refractivity contribution is 5.79. The van der Waals surface area contributed by atoms with E-state index in [9.17, 15) is 0 Å². The maximum absolute atomic E-state index is 5.72. The van der Waals surface area contributed by atoms with Crippen molar-refractivity contribution >= 4 is 5.96 Å². The molecule has 3 rings (SSSR count). The Bertz CT molecular complexity index is 919. The first kappa shape index (κ1) is 20.5. The van der Waals surface area contributed by atoms with Crippen molar-refractivity contribution in [3.05, 3.63) is 77.6 Å². The lowest BCUT2D eigenvalue weighted by atomic mass is 10.2. The van der Waals surface area contributed by atoms with Crippen molar-refractivity contribution in [2.75, 3.05) is 20.2 Å². The molecule has 2 N–H and O–H groups in total. The number of para-hydroxylation sites is 2. The first-order valence-corrected chi connectivity index (χ1v) is 9.92. The van der Waals surface area contributed by atoms with Gasteiger partial charge < -0.3 is 15.4 Å². The SMILES string of the molecule is CN=C(NCCCOc1ccccc1)NCc1c(C)nn(-c2ccccc2)c1C. The summed E-state index contributed by atoms with van der Waals surface area (Å²) in [6, 6.07) is 20.1. The van der Waals surface area contributed by atoms with E-state index in [2.05, 4.69) is 34.7 Å². The molecule has 0 aliphatic heterocycles. The normalized spacial score (nSPS) is 11.3. The van der Waals surface area contributed by atoms with Gasteiger partial charge in [-0.3, -0.25) is 4.99 Å². The number of benzene rings is 2. The fraction of sp³-hybridized carbons (Fsp3) is 0.304. The smallest absolute Gasteiger partial charge is 0.191 e. The summed E-state index contributed by atoms with van der Waals surface area (Å²) in [5.74, 6) is 1.67. The zero-order valence-corrected chi connectivity index (χ0v) is 17.4. The zero-order chi connectivity index (χ0) is 20.5. The second-order valence-corrected chi connectivity index (χ2v) is 6.76. The molecule has 0 spiro atoms. The van der Waals surface area contributed by atoms with E-state index in [0.717, 1.165) is 41.7 Å². The largest absolute Gasteiger partial charge is 0.494 e. The van der Waals surface area contributed by atoms with Gasteiger partial charge in [-0.15, -0.1) is 0 Å². The van der Waals surface area contributed by atoms with Crippen molar-refractivity contribution in [1.29, 1.82) is 0 Å². The molecule has 0 radical (unpaired) electrons. The van der Waals surface area contributed by atoms with Crippen LogP contribution in [0.25, 0.3) is 5.69 Å². The highest BCUT2D eigenvalue weighted by Gasteiger charge is 2.13. The lowest BCUT2D eigenvalue weighted by molar-refractivity contribution is 0.311. The summed E-state index contributed by atoms with van der Waals surface area (Å²) in [5.41, 5.74) is 4.41. The first-order valence-electron chi connectivity index (χ1n) is 9.92. The summed E-state index contributed by atoms with van der Waals surface area (Å²) in [6.07, 6.45) is 0.888. The standard InChI is InChI=1S/C23H29N5O/c1-18-22(19(2)28(27-18)20-11-6-4-7-12-20)17-26-23(24-3)25-15-10-16-29-21-13-8-5-9-14-21/h4-9,11-14H,10,15-17H2,1-3H3,(H2,24,25,26). The molecular formula is C23H29N5O. The van der Waals surface area contributed by atoms with E-state index in [1.165, 1.54) is 5.56 Å². The molecule has 0 aliphatic rings. The molecule has 0 amide bonds. The molecule has 1 aromatic heterocycles. The molecule has 1 heterocycles. The van der Waals surface area contributed by atoms with Crippen LogP contribution in [-0.4, -0.2) is 35.9 Å². The quantitative estimate of drug-likeness (QED) is 0.350. The van der Waals surface area contributed by atoms with Gasteiger partial charge in [0.1, 0.15) is 5.75 Å². The van der Waals surface area contributed by atoms with Crippen LogP contribution in [0.5, 0.6) is 5.75 Å². The first-order chi connectivity index (χ1) is 14.2. The van der Waals surface area contributed by atoms with E-state index >= 15 is 0 Å². The summed E-state index contributed by atoms with van der Waals surface area (Å²) in [7, 11) is 1.78. The number of ether oxygens (including phenoxy) is 1. The van der Waals surface area contributed by atoms with Gasteiger partial charge in [-0.1, -0.05) is 36.4 Å². The molecular weight excluding hydrogens is 362 g/mol. The van der Waals surface area contributed by atoms with E-state index in [1.54, 1.807) is 7.05 Å². The Morgan fingerprint density at radius 3 is 2.38 bits per heavy atom. The van der Waals surface area contributed by atoms with E-state index in [1.807, 2.05) is 60.1 Å². The van der Waals surface area contributed by atoms with Gasteiger partial charge in [-0.25, -0.2) is 4.68 Å². The number of nitrogens with one attached hydrogen (secondary N) is 2. The number of hydrogen-bond acceptors (Lipinski definition) is 3. The fourth-order valence-electron chi connectivity index (χ4n) is 3.13. The van der Waals surface area contributed by atoms with Crippen LogP contribution in [0.3, 0.4) is 0 Å².